The van der Waals surface area contributed by atoms with E-state index in [4.69, 9.17) is 4.74 Å². The Balaban J connectivity index is 2.54. The van der Waals surface area contributed by atoms with Gasteiger partial charge in [0.2, 0.25) is 0 Å². The van der Waals surface area contributed by atoms with Crippen molar-refractivity contribution in [3.63, 3.8) is 0 Å². The molecule has 96 valence electrons. The van der Waals surface area contributed by atoms with E-state index < -0.39 is 0 Å². The van der Waals surface area contributed by atoms with Crippen molar-refractivity contribution in [3.05, 3.63) is 35.4 Å². The van der Waals surface area contributed by atoms with Crippen LogP contribution >= 0.6 is 0 Å². The first-order chi connectivity index (χ1) is 7.92. The molecule has 0 bridgehead atoms. The van der Waals surface area contributed by atoms with Gasteiger partial charge in [0.05, 0.1) is 6.61 Å². The zero-order valence-corrected chi connectivity index (χ0v) is 11.7. The maximum absolute atomic E-state index is 5.11. The molecule has 1 aromatic carbocycles. The molecule has 0 spiro atoms. The van der Waals surface area contributed by atoms with Gasteiger partial charge in [0, 0.05) is 19.2 Å². The molecule has 0 saturated heterocycles. The zero-order valence-electron chi connectivity index (χ0n) is 11.7. The summed E-state index contributed by atoms with van der Waals surface area (Å²) in [6, 6.07) is 8.69. The molecule has 0 radical (unpaired) electrons. The van der Waals surface area contributed by atoms with Crippen LogP contribution in [0.4, 0.5) is 0 Å². The Bertz CT molecular complexity index is 324. The van der Waals surface area contributed by atoms with Crippen LogP contribution in [0.25, 0.3) is 0 Å². The second-order valence-corrected chi connectivity index (χ2v) is 5.71. The number of rotatable bonds is 5. The van der Waals surface area contributed by atoms with Crippen molar-refractivity contribution in [2.45, 2.75) is 45.8 Å². The minimum absolute atomic E-state index is 0.185. The monoisotopic (exact) mass is 235 g/mol. The average molecular weight is 235 g/mol. The maximum Gasteiger partial charge on any atom is 0.0713 e. The van der Waals surface area contributed by atoms with Crippen LogP contribution in [0.2, 0.25) is 0 Å². The fraction of sp³-hybridized carbons (Fsp3) is 0.600. The van der Waals surface area contributed by atoms with Gasteiger partial charge in [-0.05, 0) is 37.8 Å². The fourth-order valence-corrected chi connectivity index (χ4v) is 1.69. The van der Waals surface area contributed by atoms with E-state index in [1.807, 2.05) is 0 Å². The quantitative estimate of drug-likeness (QED) is 0.845. The van der Waals surface area contributed by atoms with Crippen LogP contribution in [0.15, 0.2) is 24.3 Å². The summed E-state index contributed by atoms with van der Waals surface area (Å²) in [5, 5.41) is 3.54. The first kappa shape index (κ1) is 14.2. The third-order valence-corrected chi connectivity index (χ3v) is 2.80. The van der Waals surface area contributed by atoms with Gasteiger partial charge in [0.15, 0.2) is 0 Å². The van der Waals surface area contributed by atoms with Crippen molar-refractivity contribution in [1.82, 2.24) is 5.32 Å². The standard InChI is InChI=1S/C15H25NO/c1-12(10-16-15(2,3)4)14-8-6-13(7-9-14)11-17-5/h6-9,12,16H,10-11H2,1-5H3. The van der Waals surface area contributed by atoms with Crippen LogP contribution < -0.4 is 5.32 Å². The molecule has 17 heavy (non-hydrogen) atoms. The highest BCUT2D eigenvalue weighted by molar-refractivity contribution is 5.25. The summed E-state index contributed by atoms with van der Waals surface area (Å²) in [6.07, 6.45) is 0. The zero-order chi connectivity index (χ0) is 12.9. The number of benzene rings is 1. The second kappa shape index (κ2) is 6.18. The van der Waals surface area contributed by atoms with Gasteiger partial charge in [0.1, 0.15) is 0 Å². The Kier molecular flexibility index (Phi) is 5.16. The Morgan fingerprint density at radius 2 is 1.76 bits per heavy atom. The van der Waals surface area contributed by atoms with Crippen LogP contribution in [0.1, 0.15) is 44.7 Å². The molecule has 0 aliphatic rings. The lowest BCUT2D eigenvalue weighted by atomic mass is 9.98. The lowest BCUT2D eigenvalue weighted by molar-refractivity contribution is 0.185. The number of nitrogens with one attached hydrogen (secondary N) is 1. The maximum atomic E-state index is 5.11. The summed E-state index contributed by atoms with van der Waals surface area (Å²) in [5.41, 5.74) is 2.79. The molecule has 0 aliphatic carbocycles. The normalized spacial score (nSPS) is 13.7. The lowest BCUT2D eigenvalue weighted by Gasteiger charge is -2.23. The molecule has 2 heteroatoms. The van der Waals surface area contributed by atoms with Crippen molar-refractivity contribution in [1.29, 1.82) is 0 Å². The van der Waals surface area contributed by atoms with Crippen molar-refractivity contribution in [3.8, 4) is 0 Å². The molecule has 0 heterocycles. The number of methoxy groups -OCH3 is 1. The van der Waals surface area contributed by atoms with Crippen LogP contribution in [-0.2, 0) is 11.3 Å². The minimum atomic E-state index is 0.185. The average Bonchev–Trinajstić information content (AvgIpc) is 2.26. The molecule has 1 aromatic rings. The van der Waals surface area contributed by atoms with Gasteiger partial charge in [-0.1, -0.05) is 31.2 Å². The molecule has 0 aliphatic heterocycles. The van der Waals surface area contributed by atoms with Gasteiger partial charge < -0.3 is 10.1 Å². The molecule has 1 unspecified atom stereocenters. The molecular formula is C15H25NO. The van der Waals surface area contributed by atoms with Gasteiger partial charge in [-0.25, -0.2) is 0 Å². The highest BCUT2D eigenvalue weighted by Crippen LogP contribution is 2.16. The van der Waals surface area contributed by atoms with Crippen molar-refractivity contribution >= 4 is 0 Å². The van der Waals surface area contributed by atoms with E-state index >= 15 is 0 Å². The fourth-order valence-electron chi connectivity index (χ4n) is 1.69. The number of hydrogen-bond donors (Lipinski definition) is 1. The molecule has 0 saturated carbocycles. The van der Waals surface area contributed by atoms with Crippen LogP contribution in [0.5, 0.6) is 0 Å². The minimum Gasteiger partial charge on any atom is -0.380 e. The third-order valence-electron chi connectivity index (χ3n) is 2.80. The SMILES string of the molecule is COCc1ccc(C(C)CNC(C)(C)C)cc1. The van der Waals surface area contributed by atoms with Gasteiger partial charge in [0.25, 0.3) is 0 Å². The predicted molar refractivity (Wildman–Crippen MR) is 73.3 cm³/mol. The summed E-state index contributed by atoms with van der Waals surface area (Å²) in [5.74, 6) is 0.533. The Hall–Kier alpha value is -0.860. The molecule has 2 nitrogen and oxygen atoms in total. The summed E-state index contributed by atoms with van der Waals surface area (Å²) in [4.78, 5) is 0. The van der Waals surface area contributed by atoms with E-state index in [1.165, 1.54) is 11.1 Å². The smallest absolute Gasteiger partial charge is 0.0713 e. The van der Waals surface area contributed by atoms with Gasteiger partial charge in [-0.3, -0.25) is 0 Å². The Morgan fingerprint density at radius 3 is 2.24 bits per heavy atom. The molecule has 1 N–H and O–H groups in total. The summed E-state index contributed by atoms with van der Waals surface area (Å²) >= 11 is 0. The topological polar surface area (TPSA) is 21.3 Å². The van der Waals surface area contributed by atoms with Gasteiger partial charge in [-0.15, -0.1) is 0 Å². The van der Waals surface area contributed by atoms with Crippen LogP contribution in [-0.4, -0.2) is 19.2 Å². The summed E-state index contributed by atoms with van der Waals surface area (Å²) in [6.45, 7) is 10.5. The molecular weight excluding hydrogens is 210 g/mol. The van der Waals surface area contributed by atoms with Crippen LogP contribution in [0.3, 0.4) is 0 Å². The Morgan fingerprint density at radius 1 is 1.18 bits per heavy atom. The van der Waals surface area contributed by atoms with E-state index in [0.29, 0.717) is 12.5 Å². The van der Waals surface area contributed by atoms with Crippen LogP contribution in [0, 0.1) is 0 Å². The number of ether oxygens (including phenoxy) is 1. The lowest BCUT2D eigenvalue weighted by Crippen LogP contribution is -2.38. The molecule has 0 amide bonds. The summed E-state index contributed by atoms with van der Waals surface area (Å²) < 4.78 is 5.11. The molecule has 1 rings (SSSR count). The third kappa shape index (κ3) is 5.33. The van der Waals surface area contributed by atoms with E-state index in [0.717, 1.165) is 6.54 Å². The summed E-state index contributed by atoms with van der Waals surface area (Å²) in [7, 11) is 1.73. The first-order valence-corrected chi connectivity index (χ1v) is 6.25. The van der Waals surface area contributed by atoms with E-state index in [-0.39, 0.29) is 5.54 Å². The largest absolute Gasteiger partial charge is 0.380 e. The molecule has 0 aromatic heterocycles. The first-order valence-electron chi connectivity index (χ1n) is 6.25. The molecule has 0 fully saturated rings. The highest BCUT2D eigenvalue weighted by Gasteiger charge is 2.12. The van der Waals surface area contributed by atoms with E-state index in [9.17, 15) is 0 Å². The highest BCUT2D eigenvalue weighted by atomic mass is 16.5. The molecule has 1 atom stereocenters. The van der Waals surface area contributed by atoms with Crippen molar-refractivity contribution in [2.24, 2.45) is 0 Å². The van der Waals surface area contributed by atoms with E-state index in [2.05, 4.69) is 57.3 Å². The van der Waals surface area contributed by atoms with E-state index in [1.54, 1.807) is 7.11 Å². The van der Waals surface area contributed by atoms with Gasteiger partial charge >= 0.3 is 0 Å². The second-order valence-electron chi connectivity index (χ2n) is 5.71. The van der Waals surface area contributed by atoms with Crippen molar-refractivity contribution in [2.75, 3.05) is 13.7 Å². The Labute approximate surface area is 105 Å². The van der Waals surface area contributed by atoms with Gasteiger partial charge in [-0.2, -0.15) is 0 Å². The number of hydrogen-bond acceptors (Lipinski definition) is 2. The van der Waals surface area contributed by atoms with Crippen molar-refractivity contribution < 1.29 is 4.74 Å². The predicted octanol–water partition coefficient (Wildman–Crippen LogP) is 3.32.